The number of anilines is 1. The number of hydrogen-bond acceptors (Lipinski definition) is 2. The summed E-state index contributed by atoms with van der Waals surface area (Å²) in [6.07, 6.45) is 2.04. The van der Waals surface area contributed by atoms with Crippen LogP contribution in [-0.2, 0) is 9.59 Å². The molecule has 5 atom stereocenters. The number of amides is 2. The van der Waals surface area contributed by atoms with Gasteiger partial charge in [-0.25, -0.2) is 0 Å². The summed E-state index contributed by atoms with van der Waals surface area (Å²) in [7, 11) is 0. The number of carbonyl (C=O) groups excluding carboxylic acids is 2. The molecule has 0 spiro atoms. The molecule has 2 bridgehead atoms. The van der Waals surface area contributed by atoms with E-state index in [2.05, 4.69) is 48.0 Å². The Kier molecular flexibility index (Phi) is 3.84. The fourth-order valence-corrected chi connectivity index (χ4v) is 6.09. The Hall–Kier alpha value is -1.94. The van der Waals surface area contributed by atoms with Crippen molar-refractivity contribution in [2.24, 2.45) is 23.7 Å². The van der Waals surface area contributed by atoms with Crippen LogP contribution < -0.4 is 4.90 Å². The standard InChI is InChI=1S/C23H22BrNO2/c1-12-3-4-13(2)17(9-12)18-10-14-11-19(18)21-20(14)22(26)25(23(21)27)16-7-5-15(24)6-8-16/h3-9,14,18-21H,10-11H2,1-2H3. The molecule has 2 saturated carbocycles. The highest BCUT2D eigenvalue weighted by Gasteiger charge is 2.64. The summed E-state index contributed by atoms with van der Waals surface area (Å²) in [5, 5.41) is 0. The topological polar surface area (TPSA) is 37.4 Å². The molecule has 5 rings (SSSR count). The third kappa shape index (κ3) is 2.46. The van der Waals surface area contributed by atoms with Gasteiger partial charge in [0.2, 0.25) is 11.8 Å². The molecular formula is C23H22BrNO2. The van der Waals surface area contributed by atoms with Crippen LogP contribution in [0.5, 0.6) is 0 Å². The second-order valence-corrected chi connectivity index (χ2v) is 9.32. The Morgan fingerprint density at radius 3 is 2.37 bits per heavy atom. The normalized spacial score (nSPS) is 31.7. The summed E-state index contributed by atoms with van der Waals surface area (Å²) >= 11 is 3.42. The van der Waals surface area contributed by atoms with E-state index in [0.29, 0.717) is 17.5 Å². The summed E-state index contributed by atoms with van der Waals surface area (Å²) in [4.78, 5) is 27.9. The van der Waals surface area contributed by atoms with Gasteiger partial charge in [0.25, 0.3) is 0 Å². The van der Waals surface area contributed by atoms with Crippen LogP contribution in [0.3, 0.4) is 0 Å². The molecule has 2 amide bonds. The van der Waals surface area contributed by atoms with Crippen molar-refractivity contribution in [2.45, 2.75) is 32.6 Å². The summed E-state index contributed by atoms with van der Waals surface area (Å²) in [5.41, 5.74) is 4.64. The average molecular weight is 424 g/mol. The number of nitrogens with zero attached hydrogens (tertiary/aromatic N) is 1. The smallest absolute Gasteiger partial charge is 0.237 e. The lowest BCUT2D eigenvalue weighted by molar-refractivity contribution is -0.123. The highest BCUT2D eigenvalue weighted by atomic mass is 79.9. The number of hydrogen-bond donors (Lipinski definition) is 0. The van der Waals surface area contributed by atoms with Crippen molar-refractivity contribution in [1.29, 1.82) is 0 Å². The second kappa shape index (κ2) is 6.03. The zero-order valence-corrected chi connectivity index (χ0v) is 17.1. The molecule has 0 aromatic heterocycles. The molecule has 3 nitrogen and oxygen atoms in total. The predicted octanol–water partition coefficient (Wildman–Crippen LogP) is 5.00. The number of carbonyl (C=O) groups is 2. The number of benzene rings is 2. The molecule has 0 radical (unpaired) electrons. The second-order valence-electron chi connectivity index (χ2n) is 8.40. The molecule has 138 valence electrons. The molecule has 1 heterocycles. The minimum Gasteiger partial charge on any atom is -0.274 e. The summed E-state index contributed by atoms with van der Waals surface area (Å²) < 4.78 is 0.945. The minimum atomic E-state index is -0.148. The van der Waals surface area contributed by atoms with Gasteiger partial charge in [0, 0.05) is 4.47 Å². The quantitative estimate of drug-likeness (QED) is 0.637. The van der Waals surface area contributed by atoms with Crippen molar-refractivity contribution in [3.05, 3.63) is 63.6 Å². The van der Waals surface area contributed by atoms with E-state index in [-0.39, 0.29) is 29.6 Å². The molecule has 27 heavy (non-hydrogen) atoms. The van der Waals surface area contributed by atoms with E-state index in [9.17, 15) is 9.59 Å². The zero-order valence-electron chi connectivity index (χ0n) is 15.5. The first kappa shape index (κ1) is 17.2. The Bertz CT molecular complexity index is 951. The van der Waals surface area contributed by atoms with Gasteiger partial charge in [0.1, 0.15) is 0 Å². The minimum absolute atomic E-state index is 0.00910. The third-order valence-corrected chi connectivity index (χ3v) is 7.46. The Morgan fingerprint density at radius 2 is 1.63 bits per heavy atom. The molecule has 1 aliphatic heterocycles. The number of aryl methyl sites for hydroxylation is 2. The molecule has 5 unspecified atom stereocenters. The lowest BCUT2D eigenvalue weighted by Gasteiger charge is -2.30. The monoisotopic (exact) mass is 423 g/mol. The van der Waals surface area contributed by atoms with Crippen LogP contribution in [0.4, 0.5) is 5.69 Å². The SMILES string of the molecule is Cc1ccc(C)c(C2CC3CC2C2C(=O)N(c4ccc(Br)cc4)C(=O)C32)c1. The van der Waals surface area contributed by atoms with Gasteiger partial charge < -0.3 is 0 Å². The maximum atomic E-state index is 13.3. The van der Waals surface area contributed by atoms with E-state index in [1.807, 2.05) is 24.3 Å². The van der Waals surface area contributed by atoms with Crippen LogP contribution in [0.25, 0.3) is 0 Å². The van der Waals surface area contributed by atoms with E-state index in [1.165, 1.54) is 21.6 Å². The van der Waals surface area contributed by atoms with Crippen LogP contribution >= 0.6 is 15.9 Å². The Balaban J connectivity index is 1.50. The maximum Gasteiger partial charge on any atom is 0.237 e. The van der Waals surface area contributed by atoms with Gasteiger partial charge >= 0.3 is 0 Å². The molecule has 2 aromatic rings. The lowest BCUT2D eigenvalue weighted by Crippen LogP contribution is -2.32. The Labute approximate surface area is 167 Å². The highest BCUT2D eigenvalue weighted by molar-refractivity contribution is 9.10. The highest BCUT2D eigenvalue weighted by Crippen LogP contribution is 2.62. The average Bonchev–Trinajstić information content (AvgIpc) is 3.30. The van der Waals surface area contributed by atoms with E-state index in [0.717, 1.165) is 17.3 Å². The van der Waals surface area contributed by atoms with Crippen LogP contribution in [0.15, 0.2) is 46.9 Å². The number of rotatable bonds is 2. The van der Waals surface area contributed by atoms with Gasteiger partial charge in [0.05, 0.1) is 17.5 Å². The van der Waals surface area contributed by atoms with Gasteiger partial charge in [-0.1, -0.05) is 39.7 Å². The van der Waals surface area contributed by atoms with Crippen molar-refractivity contribution in [2.75, 3.05) is 4.90 Å². The van der Waals surface area contributed by atoms with Crippen molar-refractivity contribution >= 4 is 33.4 Å². The van der Waals surface area contributed by atoms with E-state index >= 15 is 0 Å². The largest absolute Gasteiger partial charge is 0.274 e. The molecule has 1 saturated heterocycles. The van der Waals surface area contributed by atoms with Gasteiger partial charge in [-0.2, -0.15) is 0 Å². The first-order valence-electron chi connectivity index (χ1n) is 9.66. The number of halogens is 1. The predicted molar refractivity (Wildman–Crippen MR) is 108 cm³/mol. The molecule has 2 aliphatic carbocycles. The van der Waals surface area contributed by atoms with Crippen molar-refractivity contribution in [3.8, 4) is 0 Å². The lowest BCUT2D eigenvalue weighted by atomic mass is 9.72. The van der Waals surface area contributed by atoms with Gasteiger partial charge in [-0.15, -0.1) is 0 Å². The van der Waals surface area contributed by atoms with E-state index < -0.39 is 0 Å². The van der Waals surface area contributed by atoms with Crippen LogP contribution in [0, 0.1) is 37.5 Å². The molecule has 3 aliphatic rings. The van der Waals surface area contributed by atoms with Gasteiger partial charge in [-0.05, 0) is 79.8 Å². The third-order valence-electron chi connectivity index (χ3n) is 6.93. The Morgan fingerprint density at radius 1 is 0.926 bits per heavy atom. The molecule has 4 heteroatoms. The maximum absolute atomic E-state index is 13.3. The van der Waals surface area contributed by atoms with Crippen molar-refractivity contribution < 1.29 is 9.59 Å². The first-order chi connectivity index (χ1) is 13.0. The van der Waals surface area contributed by atoms with Gasteiger partial charge in [0.15, 0.2) is 0 Å². The molecule has 3 fully saturated rings. The number of fused-ring (bicyclic) bond motifs is 5. The van der Waals surface area contributed by atoms with E-state index in [4.69, 9.17) is 0 Å². The van der Waals surface area contributed by atoms with Crippen LogP contribution in [0.2, 0.25) is 0 Å². The number of imide groups is 1. The summed E-state index contributed by atoms with van der Waals surface area (Å²) in [5.74, 6) is 0.781. The molecule has 0 N–H and O–H groups in total. The zero-order chi connectivity index (χ0) is 18.9. The van der Waals surface area contributed by atoms with Crippen molar-refractivity contribution in [1.82, 2.24) is 0 Å². The fourth-order valence-electron chi connectivity index (χ4n) is 5.82. The summed E-state index contributed by atoms with van der Waals surface area (Å²) in [6.45, 7) is 4.28. The van der Waals surface area contributed by atoms with Crippen LogP contribution in [0.1, 0.15) is 35.4 Å². The van der Waals surface area contributed by atoms with Crippen LogP contribution in [-0.4, -0.2) is 11.8 Å². The fraction of sp³-hybridized carbons (Fsp3) is 0.391. The summed E-state index contributed by atoms with van der Waals surface area (Å²) in [6, 6.07) is 14.1. The van der Waals surface area contributed by atoms with Gasteiger partial charge in [-0.3, -0.25) is 14.5 Å². The molecule has 2 aromatic carbocycles. The first-order valence-corrected chi connectivity index (χ1v) is 10.5. The van der Waals surface area contributed by atoms with E-state index in [1.54, 1.807) is 0 Å². The van der Waals surface area contributed by atoms with Crippen molar-refractivity contribution in [3.63, 3.8) is 0 Å². The molecular weight excluding hydrogens is 402 g/mol.